The fourth-order valence-corrected chi connectivity index (χ4v) is 6.16. The standard InChI is InChI=1S/C48H84O6/c1-4-7-10-13-16-19-22-23-24-27-29-32-35-38-41-47(50)53-44-45(54-48(51)42-39-36-33-30-26-21-18-15-12-9-6-3)43-52-46(49)40-37-34-31-28-25-20-17-14-11-8-5-2/h7,10,15-16,18-19,21,26,45H,4-6,8-9,11-14,17,20,22-25,27-44H2,1-3H3/b10-7-,18-15-,19-16-,26-21-. The highest BCUT2D eigenvalue weighted by Crippen LogP contribution is 2.14. The molecule has 0 aromatic heterocycles. The van der Waals surface area contributed by atoms with Crippen molar-refractivity contribution in [3.8, 4) is 0 Å². The number of carbonyl (C=O) groups excluding carboxylic acids is 3. The van der Waals surface area contributed by atoms with Crippen LogP contribution < -0.4 is 0 Å². The second-order valence-corrected chi connectivity index (χ2v) is 15.0. The third-order valence-electron chi connectivity index (χ3n) is 9.60. The van der Waals surface area contributed by atoms with Crippen LogP contribution in [0.1, 0.15) is 220 Å². The van der Waals surface area contributed by atoms with E-state index in [2.05, 4.69) is 69.4 Å². The number of unbranched alkanes of at least 4 members (excludes halogenated alkanes) is 22. The van der Waals surface area contributed by atoms with Crippen LogP contribution in [0.15, 0.2) is 48.6 Å². The van der Waals surface area contributed by atoms with E-state index in [-0.39, 0.29) is 31.1 Å². The van der Waals surface area contributed by atoms with E-state index < -0.39 is 6.10 Å². The highest BCUT2D eigenvalue weighted by Gasteiger charge is 2.19. The molecule has 6 nitrogen and oxygen atoms in total. The lowest BCUT2D eigenvalue weighted by Crippen LogP contribution is -2.30. The fourth-order valence-electron chi connectivity index (χ4n) is 6.16. The van der Waals surface area contributed by atoms with Gasteiger partial charge in [-0.05, 0) is 64.2 Å². The molecule has 0 saturated heterocycles. The van der Waals surface area contributed by atoms with Gasteiger partial charge in [-0.15, -0.1) is 0 Å². The lowest BCUT2D eigenvalue weighted by molar-refractivity contribution is -0.167. The second-order valence-electron chi connectivity index (χ2n) is 15.0. The van der Waals surface area contributed by atoms with E-state index in [1.54, 1.807) is 0 Å². The number of hydrogen-bond acceptors (Lipinski definition) is 6. The van der Waals surface area contributed by atoms with E-state index in [1.807, 2.05) is 0 Å². The SMILES string of the molecule is CC/C=C\C/C=C\CCCCCCCCCC(=O)OCC(COC(=O)CCCCCCCCCCCCC)OC(=O)CCCCC/C=C\C=C/CCCC. The Balaban J connectivity index is 4.40. The first-order valence-corrected chi connectivity index (χ1v) is 22.7. The summed E-state index contributed by atoms with van der Waals surface area (Å²) < 4.78 is 16.7. The van der Waals surface area contributed by atoms with Gasteiger partial charge in [-0.1, -0.05) is 185 Å². The van der Waals surface area contributed by atoms with Crippen molar-refractivity contribution >= 4 is 17.9 Å². The van der Waals surface area contributed by atoms with Gasteiger partial charge in [0, 0.05) is 19.3 Å². The predicted octanol–water partition coefficient (Wildman–Crippen LogP) is 14.4. The Labute approximate surface area is 333 Å². The molecule has 1 unspecified atom stereocenters. The summed E-state index contributed by atoms with van der Waals surface area (Å²) in [7, 11) is 0. The summed E-state index contributed by atoms with van der Waals surface area (Å²) in [4.78, 5) is 37.7. The van der Waals surface area contributed by atoms with Crippen molar-refractivity contribution < 1.29 is 28.6 Å². The average Bonchev–Trinajstić information content (AvgIpc) is 3.17. The second kappa shape index (κ2) is 43.1. The molecule has 0 heterocycles. The van der Waals surface area contributed by atoms with Crippen molar-refractivity contribution in [3.05, 3.63) is 48.6 Å². The minimum Gasteiger partial charge on any atom is -0.462 e. The Bertz CT molecular complexity index is 964. The largest absolute Gasteiger partial charge is 0.462 e. The third-order valence-corrected chi connectivity index (χ3v) is 9.60. The first kappa shape index (κ1) is 51.4. The summed E-state index contributed by atoms with van der Waals surface area (Å²) in [5.74, 6) is -0.924. The molecule has 0 aliphatic heterocycles. The summed E-state index contributed by atoms with van der Waals surface area (Å²) >= 11 is 0. The van der Waals surface area contributed by atoms with Crippen LogP contribution in [0.3, 0.4) is 0 Å². The molecule has 0 aliphatic rings. The number of hydrogen-bond donors (Lipinski definition) is 0. The predicted molar refractivity (Wildman–Crippen MR) is 229 cm³/mol. The van der Waals surface area contributed by atoms with Gasteiger partial charge >= 0.3 is 17.9 Å². The normalized spacial score (nSPS) is 12.4. The maximum Gasteiger partial charge on any atom is 0.306 e. The summed E-state index contributed by atoms with van der Waals surface area (Å²) in [5, 5.41) is 0. The van der Waals surface area contributed by atoms with Crippen LogP contribution in [-0.4, -0.2) is 37.2 Å². The molecule has 0 amide bonds. The minimum atomic E-state index is -0.784. The molecule has 0 aromatic rings. The minimum absolute atomic E-state index is 0.0852. The first-order valence-electron chi connectivity index (χ1n) is 22.7. The zero-order valence-electron chi connectivity index (χ0n) is 35.5. The zero-order valence-corrected chi connectivity index (χ0v) is 35.5. The molecular weight excluding hydrogens is 673 g/mol. The molecule has 0 bridgehead atoms. The molecule has 0 fully saturated rings. The van der Waals surface area contributed by atoms with Crippen LogP contribution in [0.2, 0.25) is 0 Å². The van der Waals surface area contributed by atoms with Gasteiger partial charge < -0.3 is 14.2 Å². The maximum absolute atomic E-state index is 12.7. The third kappa shape index (κ3) is 40.6. The number of ether oxygens (including phenoxy) is 3. The average molecular weight is 757 g/mol. The van der Waals surface area contributed by atoms with Crippen LogP contribution in [-0.2, 0) is 28.6 Å². The Morgan fingerprint density at radius 2 is 0.796 bits per heavy atom. The Morgan fingerprint density at radius 3 is 1.30 bits per heavy atom. The van der Waals surface area contributed by atoms with Crippen molar-refractivity contribution in [2.75, 3.05) is 13.2 Å². The molecule has 1 atom stereocenters. The summed E-state index contributed by atoms with van der Waals surface area (Å²) in [6.45, 7) is 6.43. The van der Waals surface area contributed by atoms with Crippen LogP contribution in [0, 0.1) is 0 Å². The summed E-state index contributed by atoms with van der Waals surface area (Å²) in [5.41, 5.74) is 0. The Morgan fingerprint density at radius 1 is 0.407 bits per heavy atom. The molecule has 54 heavy (non-hydrogen) atoms. The molecule has 312 valence electrons. The van der Waals surface area contributed by atoms with Gasteiger partial charge in [0.15, 0.2) is 6.10 Å². The number of allylic oxidation sites excluding steroid dienone is 8. The molecule has 0 aliphatic carbocycles. The van der Waals surface area contributed by atoms with E-state index in [9.17, 15) is 14.4 Å². The van der Waals surface area contributed by atoms with Crippen LogP contribution in [0.25, 0.3) is 0 Å². The van der Waals surface area contributed by atoms with Crippen molar-refractivity contribution in [1.82, 2.24) is 0 Å². The highest BCUT2D eigenvalue weighted by atomic mass is 16.6. The van der Waals surface area contributed by atoms with Gasteiger partial charge in [0.05, 0.1) is 0 Å². The van der Waals surface area contributed by atoms with Gasteiger partial charge in [-0.3, -0.25) is 14.4 Å². The molecule has 0 rings (SSSR count). The van der Waals surface area contributed by atoms with Gasteiger partial charge in [0.2, 0.25) is 0 Å². The lowest BCUT2D eigenvalue weighted by atomic mass is 10.1. The van der Waals surface area contributed by atoms with E-state index in [1.165, 1.54) is 89.9 Å². The van der Waals surface area contributed by atoms with Gasteiger partial charge in [0.25, 0.3) is 0 Å². The van der Waals surface area contributed by atoms with E-state index in [4.69, 9.17) is 14.2 Å². The van der Waals surface area contributed by atoms with Gasteiger partial charge in [0.1, 0.15) is 13.2 Å². The number of esters is 3. The molecule has 0 spiro atoms. The van der Waals surface area contributed by atoms with Crippen molar-refractivity contribution in [3.63, 3.8) is 0 Å². The van der Waals surface area contributed by atoms with Crippen molar-refractivity contribution in [2.45, 2.75) is 226 Å². The molecular formula is C48H84O6. The van der Waals surface area contributed by atoms with Gasteiger partial charge in [-0.2, -0.15) is 0 Å². The summed E-state index contributed by atoms with van der Waals surface area (Å²) in [6, 6.07) is 0. The smallest absolute Gasteiger partial charge is 0.306 e. The monoisotopic (exact) mass is 757 g/mol. The first-order chi connectivity index (χ1) is 26.5. The Kier molecular flexibility index (Phi) is 41.0. The topological polar surface area (TPSA) is 78.9 Å². The molecule has 0 N–H and O–H groups in total. The number of carbonyl (C=O) groups is 3. The highest BCUT2D eigenvalue weighted by molar-refractivity contribution is 5.71. The zero-order chi connectivity index (χ0) is 39.4. The van der Waals surface area contributed by atoms with E-state index in [0.29, 0.717) is 19.3 Å². The maximum atomic E-state index is 12.7. The fraction of sp³-hybridized carbons (Fsp3) is 0.771. The quantitative estimate of drug-likeness (QED) is 0.0204. The molecule has 0 radical (unpaired) electrons. The van der Waals surface area contributed by atoms with Crippen LogP contribution in [0.5, 0.6) is 0 Å². The lowest BCUT2D eigenvalue weighted by Gasteiger charge is -2.18. The number of rotatable bonds is 40. The van der Waals surface area contributed by atoms with Crippen LogP contribution in [0.4, 0.5) is 0 Å². The van der Waals surface area contributed by atoms with E-state index >= 15 is 0 Å². The molecule has 0 saturated carbocycles. The Hall–Kier alpha value is -2.63. The summed E-state index contributed by atoms with van der Waals surface area (Å²) in [6.07, 6.45) is 49.5. The molecule has 0 aromatic carbocycles. The van der Waals surface area contributed by atoms with Crippen molar-refractivity contribution in [2.24, 2.45) is 0 Å². The van der Waals surface area contributed by atoms with Crippen LogP contribution >= 0.6 is 0 Å². The molecule has 6 heteroatoms. The van der Waals surface area contributed by atoms with E-state index in [0.717, 1.165) is 89.9 Å². The van der Waals surface area contributed by atoms with Gasteiger partial charge in [-0.25, -0.2) is 0 Å². The van der Waals surface area contributed by atoms with Crippen molar-refractivity contribution in [1.29, 1.82) is 0 Å².